The molecule has 0 aliphatic carbocycles. The molecule has 164 valence electrons. The number of azo groups is 1. The molecule has 0 saturated heterocycles. The molecule has 1 aromatic carbocycles. The summed E-state index contributed by atoms with van der Waals surface area (Å²) in [6.45, 7) is 2.52. The van der Waals surface area contributed by atoms with Crippen LogP contribution < -0.4 is 4.90 Å². The molecule has 0 amide bonds. The van der Waals surface area contributed by atoms with E-state index in [9.17, 15) is 8.42 Å². The molecule has 11 heteroatoms. The quantitative estimate of drug-likeness (QED) is 0.234. The second-order valence-electron chi connectivity index (χ2n) is 6.91. The van der Waals surface area contributed by atoms with Gasteiger partial charge in [0.1, 0.15) is 10.7 Å². The number of aliphatic imine (C=N–C) groups is 1. The topological polar surface area (TPSA) is 100 Å². The van der Waals surface area contributed by atoms with Gasteiger partial charge in [0.05, 0.1) is 16.1 Å². The van der Waals surface area contributed by atoms with Crippen molar-refractivity contribution in [2.75, 3.05) is 23.6 Å². The number of pyridine rings is 1. The molecule has 8 nitrogen and oxygen atoms in total. The van der Waals surface area contributed by atoms with E-state index < -0.39 is 9.84 Å². The summed E-state index contributed by atoms with van der Waals surface area (Å²) in [7, 11) is -3.10. The molecule has 0 spiro atoms. The highest BCUT2D eigenvalue weighted by Crippen LogP contribution is 2.34. The van der Waals surface area contributed by atoms with Gasteiger partial charge in [-0.1, -0.05) is 11.3 Å². The molecule has 4 aromatic rings. The summed E-state index contributed by atoms with van der Waals surface area (Å²) in [4.78, 5) is 16.7. The van der Waals surface area contributed by atoms with Crippen molar-refractivity contribution >= 4 is 70.4 Å². The number of nitrogens with zero attached hydrogens (tertiary/aromatic N) is 6. The molecule has 32 heavy (non-hydrogen) atoms. The van der Waals surface area contributed by atoms with Gasteiger partial charge in [-0.25, -0.2) is 13.4 Å². The Balaban J connectivity index is 1.43. The minimum absolute atomic E-state index is 0.0184. The molecule has 4 rings (SSSR count). The first-order valence-electron chi connectivity index (χ1n) is 9.68. The Kier molecular flexibility index (Phi) is 6.68. The highest BCUT2D eigenvalue weighted by atomic mass is 32.2. The number of sulfone groups is 1. The SMILES string of the molecule is CCN(CS(C)(=O)=O)c1ccc(N=Nc2nc3sc(/C=N/c4ccncc4)cc3s2)cc1. The molecule has 0 atom stereocenters. The monoisotopic (exact) mass is 484 g/mol. The third-order valence-electron chi connectivity index (χ3n) is 4.34. The third kappa shape index (κ3) is 5.81. The van der Waals surface area contributed by atoms with Crippen molar-refractivity contribution < 1.29 is 8.42 Å². The Hall–Kier alpha value is -3.02. The van der Waals surface area contributed by atoms with E-state index in [1.807, 2.05) is 55.6 Å². The van der Waals surface area contributed by atoms with Crippen LogP contribution in [0.5, 0.6) is 0 Å². The maximum Gasteiger partial charge on any atom is 0.231 e. The Morgan fingerprint density at radius 2 is 1.78 bits per heavy atom. The first-order valence-corrected chi connectivity index (χ1v) is 13.4. The van der Waals surface area contributed by atoms with Gasteiger partial charge in [-0.3, -0.25) is 9.98 Å². The number of fused-ring (bicyclic) bond motifs is 1. The largest absolute Gasteiger partial charge is 0.358 e. The maximum atomic E-state index is 11.6. The molecule has 0 unspecified atom stereocenters. The molecule has 0 aliphatic rings. The highest BCUT2D eigenvalue weighted by molar-refractivity contribution is 7.90. The van der Waals surface area contributed by atoms with E-state index in [0.29, 0.717) is 17.4 Å². The normalized spacial score (nSPS) is 12.3. The smallest absolute Gasteiger partial charge is 0.231 e. The molecule has 0 N–H and O–H groups in total. The Morgan fingerprint density at radius 1 is 1.03 bits per heavy atom. The zero-order chi connectivity index (χ0) is 22.6. The molecule has 0 radical (unpaired) electrons. The second-order valence-corrected chi connectivity index (χ2v) is 11.1. The van der Waals surface area contributed by atoms with Crippen LogP contribution in [-0.4, -0.2) is 43.3 Å². The summed E-state index contributed by atoms with van der Waals surface area (Å²) in [6.07, 6.45) is 6.47. The lowest BCUT2D eigenvalue weighted by atomic mass is 10.2. The number of hydrogen-bond donors (Lipinski definition) is 0. The van der Waals surface area contributed by atoms with Crippen molar-refractivity contribution in [3.63, 3.8) is 0 Å². The number of anilines is 1. The lowest BCUT2D eigenvalue weighted by molar-refractivity contribution is 0.599. The molecule has 3 aromatic heterocycles. The predicted octanol–water partition coefficient (Wildman–Crippen LogP) is 5.75. The number of hydrogen-bond acceptors (Lipinski definition) is 10. The standard InChI is InChI=1S/C21H20N6O2S3/c1-3-27(14-32(2,28)29)17-6-4-16(5-7-17)25-26-21-24-20-19(31-21)12-18(30-20)13-23-15-8-10-22-11-9-15/h4-13H,3,14H2,1-2H3/b23-13+,26-25?. The highest BCUT2D eigenvalue weighted by Gasteiger charge is 2.11. The fourth-order valence-corrected chi connectivity index (χ4v) is 5.69. The van der Waals surface area contributed by atoms with Gasteiger partial charge >= 0.3 is 0 Å². The fourth-order valence-electron chi connectivity index (χ4n) is 2.88. The van der Waals surface area contributed by atoms with E-state index in [4.69, 9.17) is 0 Å². The van der Waals surface area contributed by atoms with Crippen LogP contribution in [0.3, 0.4) is 0 Å². The second kappa shape index (κ2) is 9.63. The first kappa shape index (κ1) is 22.2. The van der Waals surface area contributed by atoms with Crippen LogP contribution >= 0.6 is 22.7 Å². The van der Waals surface area contributed by atoms with E-state index in [1.165, 1.54) is 17.6 Å². The van der Waals surface area contributed by atoms with Crippen molar-refractivity contribution in [3.05, 3.63) is 59.7 Å². The van der Waals surface area contributed by atoms with E-state index in [-0.39, 0.29) is 5.88 Å². The lowest BCUT2D eigenvalue weighted by Crippen LogP contribution is -2.28. The van der Waals surface area contributed by atoms with Gasteiger partial charge in [0.25, 0.3) is 0 Å². The predicted molar refractivity (Wildman–Crippen MR) is 132 cm³/mol. The third-order valence-corrected chi connectivity index (χ3v) is 7.10. The molecule has 3 heterocycles. The maximum absolute atomic E-state index is 11.6. The Labute approximate surface area is 193 Å². The fraction of sp³-hybridized carbons (Fsp3) is 0.190. The average Bonchev–Trinajstić information content (AvgIpc) is 3.33. The van der Waals surface area contributed by atoms with Crippen LogP contribution in [0, 0.1) is 0 Å². The molecule has 0 fully saturated rings. The van der Waals surface area contributed by atoms with Crippen LogP contribution in [0.25, 0.3) is 9.53 Å². The van der Waals surface area contributed by atoms with E-state index >= 15 is 0 Å². The molecular formula is C21H20N6O2S3. The average molecular weight is 485 g/mol. The van der Waals surface area contributed by atoms with Gasteiger partial charge in [-0.05, 0) is 49.4 Å². The van der Waals surface area contributed by atoms with Crippen molar-refractivity contribution in [1.82, 2.24) is 9.97 Å². The van der Waals surface area contributed by atoms with Crippen LogP contribution in [0.1, 0.15) is 11.8 Å². The number of aromatic nitrogens is 2. The van der Waals surface area contributed by atoms with Gasteiger partial charge in [-0.2, -0.15) is 0 Å². The van der Waals surface area contributed by atoms with Crippen LogP contribution in [-0.2, 0) is 9.84 Å². The van der Waals surface area contributed by atoms with Gasteiger partial charge in [-0.15, -0.1) is 21.6 Å². The van der Waals surface area contributed by atoms with Crippen LogP contribution in [0.4, 0.5) is 22.2 Å². The summed E-state index contributed by atoms with van der Waals surface area (Å²) in [6, 6.07) is 13.1. The van der Waals surface area contributed by atoms with Gasteiger partial charge < -0.3 is 4.90 Å². The van der Waals surface area contributed by atoms with E-state index in [0.717, 1.165) is 25.8 Å². The summed E-state index contributed by atoms with van der Waals surface area (Å²) in [5.74, 6) is -0.0184. The molecular weight excluding hydrogens is 464 g/mol. The summed E-state index contributed by atoms with van der Waals surface area (Å²) >= 11 is 3.02. The van der Waals surface area contributed by atoms with Gasteiger partial charge in [0.15, 0.2) is 9.84 Å². The number of thiophene rings is 1. The zero-order valence-corrected chi connectivity index (χ0v) is 19.9. The minimum Gasteiger partial charge on any atom is -0.358 e. The summed E-state index contributed by atoms with van der Waals surface area (Å²) in [5, 5.41) is 9.09. The van der Waals surface area contributed by atoms with Crippen molar-refractivity contribution in [2.24, 2.45) is 15.2 Å². The van der Waals surface area contributed by atoms with Gasteiger partial charge in [0, 0.05) is 42.0 Å². The van der Waals surface area contributed by atoms with Gasteiger partial charge in [0.2, 0.25) is 5.13 Å². The van der Waals surface area contributed by atoms with Crippen molar-refractivity contribution in [3.8, 4) is 0 Å². The Bertz CT molecular complexity index is 1330. The van der Waals surface area contributed by atoms with Crippen molar-refractivity contribution in [2.45, 2.75) is 6.92 Å². The van der Waals surface area contributed by atoms with Crippen molar-refractivity contribution in [1.29, 1.82) is 0 Å². The zero-order valence-electron chi connectivity index (χ0n) is 17.4. The van der Waals surface area contributed by atoms with Crippen LogP contribution in [0.2, 0.25) is 0 Å². The van der Waals surface area contributed by atoms with E-state index in [1.54, 1.807) is 28.6 Å². The van der Waals surface area contributed by atoms with Crippen LogP contribution in [0.15, 0.2) is 70.1 Å². The Morgan fingerprint density at radius 3 is 2.44 bits per heavy atom. The first-order chi connectivity index (χ1) is 15.4. The van der Waals surface area contributed by atoms with E-state index in [2.05, 4.69) is 25.2 Å². The number of benzene rings is 1. The molecule has 0 aliphatic heterocycles. The molecule has 0 bridgehead atoms. The summed E-state index contributed by atoms with van der Waals surface area (Å²) < 4.78 is 24.2. The number of rotatable bonds is 8. The summed E-state index contributed by atoms with van der Waals surface area (Å²) in [5.41, 5.74) is 2.35. The minimum atomic E-state index is -3.10. The molecule has 0 saturated carbocycles. The lowest BCUT2D eigenvalue weighted by Gasteiger charge is -2.21. The number of thiazole rings is 1.